The van der Waals surface area contributed by atoms with Crippen molar-refractivity contribution in [3.05, 3.63) is 71.8 Å². The molecule has 0 aliphatic rings. The van der Waals surface area contributed by atoms with Gasteiger partial charge in [0.25, 0.3) is 0 Å². The molecule has 0 aliphatic heterocycles. The monoisotopic (exact) mass is 283 g/mol. The fourth-order valence-corrected chi connectivity index (χ4v) is 3.08. The van der Waals surface area contributed by atoms with E-state index < -0.39 is 0 Å². The minimum atomic E-state index is 0.0128. The van der Waals surface area contributed by atoms with Crippen molar-refractivity contribution < 1.29 is 5.11 Å². The summed E-state index contributed by atoms with van der Waals surface area (Å²) in [4.78, 5) is 2.29. The number of nitrogens with zero attached hydrogens (tertiary/aromatic N) is 1. The second-order valence-corrected chi connectivity index (χ2v) is 5.87. The number of hydrogen-bond donors (Lipinski definition) is 1. The summed E-state index contributed by atoms with van der Waals surface area (Å²) in [6.45, 7) is 4.58. The number of hydrogen-bond acceptors (Lipinski definition) is 2. The summed E-state index contributed by atoms with van der Waals surface area (Å²) < 4.78 is 0. The van der Waals surface area contributed by atoms with Crippen LogP contribution < -0.4 is 0 Å². The van der Waals surface area contributed by atoms with E-state index in [-0.39, 0.29) is 18.7 Å². The van der Waals surface area contributed by atoms with E-state index in [0.717, 1.165) is 5.56 Å². The molecule has 2 heteroatoms. The van der Waals surface area contributed by atoms with Gasteiger partial charge in [0.15, 0.2) is 0 Å². The van der Waals surface area contributed by atoms with Crippen molar-refractivity contribution in [1.29, 1.82) is 0 Å². The first-order chi connectivity index (χ1) is 10.1. The Balaban J connectivity index is 2.31. The fourth-order valence-electron chi connectivity index (χ4n) is 3.08. The van der Waals surface area contributed by atoms with Crippen molar-refractivity contribution in [3.63, 3.8) is 0 Å². The molecule has 2 aromatic carbocycles. The van der Waals surface area contributed by atoms with Crippen LogP contribution in [0.25, 0.3) is 0 Å². The molecule has 0 radical (unpaired) electrons. The molecule has 0 amide bonds. The molecule has 0 aromatic heterocycles. The van der Waals surface area contributed by atoms with Gasteiger partial charge in [0, 0.05) is 6.04 Å². The molecule has 0 saturated carbocycles. The van der Waals surface area contributed by atoms with Crippen LogP contribution in [0.15, 0.2) is 60.7 Å². The third-order valence-corrected chi connectivity index (χ3v) is 4.06. The van der Waals surface area contributed by atoms with Gasteiger partial charge < -0.3 is 5.11 Å². The largest absolute Gasteiger partial charge is 0.394 e. The quantitative estimate of drug-likeness (QED) is 0.864. The minimum Gasteiger partial charge on any atom is -0.394 e. The third-order valence-electron chi connectivity index (χ3n) is 4.06. The zero-order chi connectivity index (χ0) is 15.2. The van der Waals surface area contributed by atoms with Crippen molar-refractivity contribution in [2.45, 2.75) is 25.9 Å². The molecule has 0 bridgehead atoms. The van der Waals surface area contributed by atoms with E-state index in [4.69, 9.17) is 0 Å². The Morgan fingerprint density at radius 2 is 1.33 bits per heavy atom. The molecule has 2 rings (SSSR count). The number of benzene rings is 2. The van der Waals surface area contributed by atoms with E-state index in [1.54, 1.807) is 0 Å². The zero-order valence-electron chi connectivity index (χ0n) is 13.1. The Morgan fingerprint density at radius 1 is 0.857 bits per heavy atom. The SMILES string of the molecule is CC(C)[C@H](c1ccccc1)N(C)[C@@H](CO)c1ccccc1. The molecule has 1 N–H and O–H groups in total. The van der Waals surface area contributed by atoms with Gasteiger partial charge in [-0.1, -0.05) is 74.5 Å². The Kier molecular flexibility index (Phi) is 5.54. The standard InChI is InChI=1S/C19H25NO/c1-15(2)19(17-12-8-5-9-13-17)20(3)18(14-21)16-10-6-4-7-11-16/h4-13,15,18-19,21H,14H2,1-3H3/t18-,19+/m0/s1. The van der Waals surface area contributed by atoms with Gasteiger partial charge in [0.2, 0.25) is 0 Å². The average Bonchev–Trinajstić information content (AvgIpc) is 2.50. The topological polar surface area (TPSA) is 23.5 Å². The summed E-state index contributed by atoms with van der Waals surface area (Å²) in [5, 5.41) is 9.89. The highest BCUT2D eigenvalue weighted by molar-refractivity contribution is 5.23. The zero-order valence-corrected chi connectivity index (χ0v) is 13.1. The summed E-state index contributed by atoms with van der Waals surface area (Å²) in [6, 6.07) is 21.1. The predicted molar refractivity (Wildman–Crippen MR) is 88.1 cm³/mol. The highest BCUT2D eigenvalue weighted by Crippen LogP contribution is 2.33. The van der Waals surface area contributed by atoms with Gasteiger partial charge in [-0.2, -0.15) is 0 Å². The van der Waals surface area contributed by atoms with Crippen LogP contribution in [0.5, 0.6) is 0 Å². The maximum absolute atomic E-state index is 9.89. The van der Waals surface area contributed by atoms with Crippen molar-refractivity contribution >= 4 is 0 Å². The summed E-state index contributed by atoms with van der Waals surface area (Å²) in [5.41, 5.74) is 2.45. The lowest BCUT2D eigenvalue weighted by molar-refractivity contribution is 0.0864. The highest BCUT2D eigenvalue weighted by Gasteiger charge is 2.27. The number of aliphatic hydroxyl groups excluding tert-OH is 1. The van der Waals surface area contributed by atoms with Crippen LogP contribution in [0.4, 0.5) is 0 Å². The van der Waals surface area contributed by atoms with Crippen LogP contribution >= 0.6 is 0 Å². The molecule has 0 heterocycles. The fraction of sp³-hybridized carbons (Fsp3) is 0.368. The van der Waals surface area contributed by atoms with Crippen molar-refractivity contribution in [3.8, 4) is 0 Å². The van der Waals surface area contributed by atoms with Crippen LogP contribution in [0.3, 0.4) is 0 Å². The molecular weight excluding hydrogens is 258 g/mol. The molecule has 0 spiro atoms. The molecule has 0 saturated heterocycles. The second-order valence-electron chi connectivity index (χ2n) is 5.87. The lowest BCUT2D eigenvalue weighted by Gasteiger charge is -2.37. The first-order valence-corrected chi connectivity index (χ1v) is 7.57. The lowest BCUT2D eigenvalue weighted by Crippen LogP contribution is -2.34. The van der Waals surface area contributed by atoms with Crippen molar-refractivity contribution in [2.24, 2.45) is 5.92 Å². The molecular formula is C19H25NO. The van der Waals surface area contributed by atoms with Crippen LogP contribution in [-0.4, -0.2) is 23.7 Å². The van der Waals surface area contributed by atoms with Crippen LogP contribution in [0.2, 0.25) is 0 Å². The summed E-state index contributed by atoms with van der Waals surface area (Å²) in [5.74, 6) is 0.468. The molecule has 2 nitrogen and oxygen atoms in total. The van der Waals surface area contributed by atoms with Crippen LogP contribution in [0.1, 0.15) is 37.1 Å². The van der Waals surface area contributed by atoms with Crippen molar-refractivity contribution in [1.82, 2.24) is 4.90 Å². The number of rotatable bonds is 6. The molecule has 112 valence electrons. The Bertz CT molecular complexity index is 524. The number of likely N-dealkylation sites (N-methyl/N-ethyl adjacent to an activating group) is 1. The van der Waals surface area contributed by atoms with Gasteiger partial charge in [-0.05, 0) is 24.1 Å². The number of aliphatic hydroxyl groups is 1. The summed E-state index contributed by atoms with van der Waals surface area (Å²) in [7, 11) is 2.10. The van der Waals surface area contributed by atoms with Crippen LogP contribution in [-0.2, 0) is 0 Å². The highest BCUT2D eigenvalue weighted by atomic mass is 16.3. The van der Waals surface area contributed by atoms with Gasteiger partial charge in [0.1, 0.15) is 0 Å². The van der Waals surface area contributed by atoms with E-state index in [1.807, 2.05) is 24.3 Å². The Hall–Kier alpha value is -1.64. The van der Waals surface area contributed by atoms with E-state index in [9.17, 15) is 5.11 Å². The van der Waals surface area contributed by atoms with E-state index in [1.165, 1.54) is 5.56 Å². The molecule has 2 aromatic rings. The van der Waals surface area contributed by atoms with Gasteiger partial charge in [0.05, 0.1) is 12.6 Å². The van der Waals surface area contributed by atoms with E-state index in [2.05, 4.69) is 62.2 Å². The predicted octanol–water partition coefficient (Wildman–Crippen LogP) is 4.05. The third kappa shape index (κ3) is 3.72. The molecule has 2 atom stereocenters. The lowest BCUT2D eigenvalue weighted by atomic mass is 9.92. The first kappa shape index (κ1) is 15.7. The average molecular weight is 283 g/mol. The first-order valence-electron chi connectivity index (χ1n) is 7.57. The van der Waals surface area contributed by atoms with E-state index >= 15 is 0 Å². The van der Waals surface area contributed by atoms with E-state index in [0.29, 0.717) is 5.92 Å². The summed E-state index contributed by atoms with van der Waals surface area (Å²) >= 11 is 0. The maximum Gasteiger partial charge on any atom is 0.0628 e. The van der Waals surface area contributed by atoms with Gasteiger partial charge in [-0.15, -0.1) is 0 Å². The van der Waals surface area contributed by atoms with Gasteiger partial charge >= 0.3 is 0 Å². The normalized spacial score (nSPS) is 14.4. The van der Waals surface area contributed by atoms with Gasteiger partial charge in [-0.3, -0.25) is 4.90 Å². The Morgan fingerprint density at radius 3 is 1.76 bits per heavy atom. The minimum absolute atomic E-state index is 0.0128. The molecule has 21 heavy (non-hydrogen) atoms. The molecule has 0 aliphatic carbocycles. The summed E-state index contributed by atoms with van der Waals surface area (Å²) in [6.07, 6.45) is 0. The van der Waals surface area contributed by atoms with Gasteiger partial charge in [-0.25, -0.2) is 0 Å². The second kappa shape index (κ2) is 7.39. The van der Waals surface area contributed by atoms with Crippen molar-refractivity contribution in [2.75, 3.05) is 13.7 Å². The smallest absolute Gasteiger partial charge is 0.0628 e. The van der Waals surface area contributed by atoms with Crippen LogP contribution in [0, 0.1) is 5.92 Å². The Labute approximate surface area is 128 Å². The molecule has 0 unspecified atom stereocenters. The molecule has 0 fully saturated rings. The maximum atomic E-state index is 9.89.